The average molecular weight is 271 g/mol. The van der Waals surface area contributed by atoms with Crippen molar-refractivity contribution in [3.05, 3.63) is 42.1 Å². The second-order valence-corrected chi connectivity index (χ2v) is 5.96. The van der Waals surface area contributed by atoms with Crippen molar-refractivity contribution < 1.29 is 0 Å². The molecule has 2 rings (SSSR count). The molecular formula is C17H25N3. The number of benzene rings is 1. The first-order valence-corrected chi connectivity index (χ1v) is 7.23. The molecule has 0 amide bonds. The number of rotatable bonds is 5. The summed E-state index contributed by atoms with van der Waals surface area (Å²) in [6.07, 6.45) is 1.85. The molecule has 108 valence electrons. The molecule has 0 fully saturated rings. The summed E-state index contributed by atoms with van der Waals surface area (Å²) in [5, 5.41) is 4.88. The molecule has 1 unspecified atom stereocenters. The summed E-state index contributed by atoms with van der Waals surface area (Å²) in [7, 11) is 4.27. The van der Waals surface area contributed by atoms with Crippen LogP contribution in [0.5, 0.6) is 0 Å². The van der Waals surface area contributed by atoms with Crippen molar-refractivity contribution in [2.45, 2.75) is 32.4 Å². The third-order valence-electron chi connectivity index (χ3n) is 4.26. The summed E-state index contributed by atoms with van der Waals surface area (Å²) in [5.74, 6) is 0. The van der Waals surface area contributed by atoms with Gasteiger partial charge >= 0.3 is 0 Å². The number of aromatic nitrogens is 1. The van der Waals surface area contributed by atoms with Crippen LogP contribution in [-0.2, 0) is 0 Å². The number of pyridine rings is 1. The van der Waals surface area contributed by atoms with E-state index in [1.54, 1.807) is 0 Å². The van der Waals surface area contributed by atoms with Gasteiger partial charge < -0.3 is 10.2 Å². The lowest BCUT2D eigenvalue weighted by molar-refractivity contribution is 0.139. The Morgan fingerprint density at radius 3 is 2.60 bits per heavy atom. The van der Waals surface area contributed by atoms with Gasteiger partial charge in [-0.1, -0.05) is 25.1 Å². The molecular weight excluding hydrogens is 246 g/mol. The number of hydrogen-bond acceptors (Lipinski definition) is 3. The van der Waals surface area contributed by atoms with Gasteiger partial charge in [0, 0.05) is 17.1 Å². The fourth-order valence-corrected chi connectivity index (χ4v) is 2.58. The van der Waals surface area contributed by atoms with Crippen molar-refractivity contribution in [3.8, 4) is 0 Å². The van der Waals surface area contributed by atoms with Crippen LogP contribution in [0.1, 0.15) is 32.4 Å². The molecule has 20 heavy (non-hydrogen) atoms. The topological polar surface area (TPSA) is 28.2 Å². The van der Waals surface area contributed by atoms with Gasteiger partial charge in [-0.05, 0) is 52.2 Å². The van der Waals surface area contributed by atoms with Gasteiger partial charge in [-0.2, -0.15) is 0 Å². The predicted octanol–water partition coefficient (Wildman–Crippen LogP) is 3.23. The Morgan fingerprint density at radius 1 is 1.20 bits per heavy atom. The molecule has 0 bridgehead atoms. The van der Waals surface area contributed by atoms with Crippen LogP contribution in [0.4, 0.5) is 0 Å². The highest BCUT2D eigenvalue weighted by Crippen LogP contribution is 2.33. The van der Waals surface area contributed by atoms with Crippen LogP contribution in [0.15, 0.2) is 36.5 Å². The van der Waals surface area contributed by atoms with Crippen LogP contribution in [0, 0.1) is 0 Å². The van der Waals surface area contributed by atoms with E-state index in [4.69, 9.17) is 0 Å². The third-order valence-corrected chi connectivity index (χ3v) is 4.26. The molecule has 1 aromatic heterocycles. The lowest BCUT2D eigenvalue weighted by atomic mass is 9.85. The van der Waals surface area contributed by atoms with E-state index in [1.807, 2.05) is 12.3 Å². The van der Waals surface area contributed by atoms with Crippen LogP contribution in [0.25, 0.3) is 10.9 Å². The summed E-state index contributed by atoms with van der Waals surface area (Å²) in [6.45, 7) is 7.64. The molecule has 1 heterocycles. The van der Waals surface area contributed by atoms with Gasteiger partial charge in [0.05, 0.1) is 11.6 Å². The maximum absolute atomic E-state index is 4.47. The van der Waals surface area contributed by atoms with Crippen LogP contribution >= 0.6 is 0 Å². The minimum Gasteiger partial charge on any atom is -0.309 e. The zero-order valence-corrected chi connectivity index (χ0v) is 13.1. The average Bonchev–Trinajstić information content (AvgIpc) is 2.44. The molecule has 1 atom stereocenters. The fraction of sp³-hybridized carbons (Fsp3) is 0.471. The molecule has 0 saturated carbocycles. The Balaban J connectivity index is 2.58. The number of nitrogens with one attached hydrogen (secondary N) is 1. The predicted molar refractivity (Wildman–Crippen MR) is 85.9 cm³/mol. The SMILES string of the molecule is CCNC(c1cccc2ncccc12)C(C)(C)N(C)C. The quantitative estimate of drug-likeness (QED) is 0.905. The summed E-state index contributed by atoms with van der Waals surface area (Å²) in [6, 6.07) is 10.8. The summed E-state index contributed by atoms with van der Waals surface area (Å²) in [4.78, 5) is 6.74. The normalized spacial score (nSPS) is 13.9. The Labute approximate surface area is 122 Å². The molecule has 1 N–H and O–H groups in total. The molecule has 1 aromatic carbocycles. The molecule has 0 saturated heterocycles. The maximum Gasteiger partial charge on any atom is 0.0705 e. The second-order valence-electron chi connectivity index (χ2n) is 5.96. The Morgan fingerprint density at radius 2 is 1.95 bits per heavy atom. The monoisotopic (exact) mass is 271 g/mol. The van der Waals surface area contributed by atoms with E-state index in [0.717, 1.165) is 12.1 Å². The number of hydrogen-bond donors (Lipinski definition) is 1. The molecule has 0 spiro atoms. The molecule has 0 aliphatic heterocycles. The van der Waals surface area contributed by atoms with Gasteiger partial charge in [-0.25, -0.2) is 0 Å². The van der Waals surface area contributed by atoms with E-state index in [9.17, 15) is 0 Å². The van der Waals surface area contributed by atoms with E-state index < -0.39 is 0 Å². The lowest BCUT2D eigenvalue weighted by Crippen LogP contribution is -2.49. The molecule has 0 aliphatic carbocycles. The number of fused-ring (bicyclic) bond motifs is 1. The Bertz CT molecular complexity index is 570. The van der Waals surface area contributed by atoms with E-state index in [2.05, 4.69) is 74.3 Å². The second kappa shape index (κ2) is 5.90. The summed E-state index contributed by atoms with van der Waals surface area (Å²) in [5.41, 5.74) is 2.39. The molecule has 2 aromatic rings. The van der Waals surface area contributed by atoms with E-state index in [0.29, 0.717) is 0 Å². The highest BCUT2D eigenvalue weighted by atomic mass is 15.2. The minimum atomic E-state index is 0.0140. The van der Waals surface area contributed by atoms with Gasteiger partial charge in [0.25, 0.3) is 0 Å². The zero-order valence-electron chi connectivity index (χ0n) is 13.1. The lowest BCUT2D eigenvalue weighted by Gasteiger charge is -2.41. The third kappa shape index (κ3) is 2.69. The minimum absolute atomic E-state index is 0.0140. The highest BCUT2D eigenvalue weighted by Gasteiger charge is 2.33. The summed E-state index contributed by atoms with van der Waals surface area (Å²) < 4.78 is 0. The zero-order chi connectivity index (χ0) is 14.8. The largest absolute Gasteiger partial charge is 0.309 e. The Kier molecular flexibility index (Phi) is 4.41. The van der Waals surface area contributed by atoms with Gasteiger partial charge in [0.1, 0.15) is 0 Å². The van der Waals surface area contributed by atoms with Crippen LogP contribution in [-0.4, -0.2) is 36.1 Å². The first-order chi connectivity index (χ1) is 9.48. The summed E-state index contributed by atoms with van der Waals surface area (Å²) >= 11 is 0. The van der Waals surface area contributed by atoms with Gasteiger partial charge in [-0.3, -0.25) is 4.98 Å². The smallest absolute Gasteiger partial charge is 0.0705 e. The van der Waals surface area contributed by atoms with Gasteiger partial charge in [0.15, 0.2) is 0 Å². The van der Waals surface area contributed by atoms with Crippen molar-refractivity contribution in [2.75, 3.05) is 20.6 Å². The number of nitrogens with zero attached hydrogens (tertiary/aromatic N) is 2. The van der Waals surface area contributed by atoms with Crippen molar-refractivity contribution in [2.24, 2.45) is 0 Å². The van der Waals surface area contributed by atoms with E-state index in [1.165, 1.54) is 10.9 Å². The fourth-order valence-electron chi connectivity index (χ4n) is 2.58. The van der Waals surface area contributed by atoms with Crippen LogP contribution < -0.4 is 5.32 Å². The van der Waals surface area contributed by atoms with E-state index in [-0.39, 0.29) is 11.6 Å². The van der Waals surface area contributed by atoms with Gasteiger partial charge in [-0.15, -0.1) is 0 Å². The molecule has 3 nitrogen and oxygen atoms in total. The molecule has 0 aliphatic rings. The van der Waals surface area contributed by atoms with Crippen molar-refractivity contribution in [1.82, 2.24) is 15.2 Å². The standard InChI is InChI=1S/C17H25N3/c1-6-18-16(17(2,3)20(4)5)14-9-7-11-15-13(14)10-8-12-19-15/h7-12,16,18H,6H2,1-5H3. The first-order valence-electron chi connectivity index (χ1n) is 7.23. The van der Waals surface area contributed by atoms with Crippen LogP contribution in [0.2, 0.25) is 0 Å². The van der Waals surface area contributed by atoms with Crippen molar-refractivity contribution >= 4 is 10.9 Å². The molecule has 0 radical (unpaired) electrons. The van der Waals surface area contributed by atoms with Crippen molar-refractivity contribution in [3.63, 3.8) is 0 Å². The maximum atomic E-state index is 4.47. The Hall–Kier alpha value is -1.45. The van der Waals surface area contributed by atoms with Crippen LogP contribution in [0.3, 0.4) is 0 Å². The number of likely N-dealkylation sites (N-methyl/N-ethyl adjacent to an activating group) is 2. The van der Waals surface area contributed by atoms with E-state index >= 15 is 0 Å². The molecule has 3 heteroatoms. The van der Waals surface area contributed by atoms with Crippen molar-refractivity contribution in [1.29, 1.82) is 0 Å². The van der Waals surface area contributed by atoms with Gasteiger partial charge in [0.2, 0.25) is 0 Å². The first kappa shape index (κ1) is 14.9. The highest BCUT2D eigenvalue weighted by molar-refractivity contribution is 5.82.